The van der Waals surface area contributed by atoms with Crippen molar-refractivity contribution in [2.24, 2.45) is 4.99 Å². The molecule has 0 saturated carbocycles. The van der Waals surface area contributed by atoms with E-state index in [9.17, 15) is 4.79 Å². The first-order valence-electron chi connectivity index (χ1n) is 10.7. The van der Waals surface area contributed by atoms with E-state index < -0.39 is 0 Å². The molecular formula is C24H33IN4O3. The van der Waals surface area contributed by atoms with Gasteiger partial charge in [0.15, 0.2) is 17.5 Å². The van der Waals surface area contributed by atoms with Crippen LogP contribution in [0.2, 0.25) is 0 Å². The summed E-state index contributed by atoms with van der Waals surface area (Å²) in [5.41, 5.74) is 4.23. The molecule has 0 atom stereocenters. The maximum Gasteiger partial charge on any atom is 0.251 e. The van der Waals surface area contributed by atoms with Gasteiger partial charge < -0.3 is 25.0 Å². The smallest absolute Gasteiger partial charge is 0.251 e. The highest BCUT2D eigenvalue weighted by molar-refractivity contribution is 14.0. The van der Waals surface area contributed by atoms with Crippen molar-refractivity contribution in [3.63, 3.8) is 0 Å². The van der Waals surface area contributed by atoms with Crippen molar-refractivity contribution in [3.8, 4) is 11.5 Å². The third-order valence-electron chi connectivity index (χ3n) is 5.32. The van der Waals surface area contributed by atoms with Crippen LogP contribution in [0.3, 0.4) is 0 Å². The SMILES string of the molecule is CCNC(=O)c1ccc(CN=C(NCC)N2CCc3cc(OC)c(OC)cc3C2)cc1.I. The molecule has 0 fully saturated rings. The van der Waals surface area contributed by atoms with Crippen LogP contribution in [0.5, 0.6) is 11.5 Å². The number of fused-ring (bicyclic) bond motifs is 1. The lowest BCUT2D eigenvalue weighted by Gasteiger charge is -2.32. The monoisotopic (exact) mass is 552 g/mol. The Kier molecular flexibility index (Phi) is 10.1. The maximum absolute atomic E-state index is 11.9. The van der Waals surface area contributed by atoms with Crippen LogP contribution in [-0.2, 0) is 19.5 Å². The highest BCUT2D eigenvalue weighted by Crippen LogP contribution is 2.33. The van der Waals surface area contributed by atoms with Gasteiger partial charge in [-0.05, 0) is 61.2 Å². The number of nitrogens with one attached hydrogen (secondary N) is 2. The molecular weight excluding hydrogens is 519 g/mol. The number of amides is 1. The molecule has 3 rings (SSSR count). The van der Waals surface area contributed by atoms with Crippen molar-refractivity contribution in [1.82, 2.24) is 15.5 Å². The van der Waals surface area contributed by atoms with Gasteiger partial charge in [0.1, 0.15) is 0 Å². The normalized spacial score (nSPS) is 13.0. The quantitative estimate of drug-likeness (QED) is 0.312. The first kappa shape index (κ1) is 25.8. The zero-order valence-corrected chi connectivity index (χ0v) is 21.6. The van der Waals surface area contributed by atoms with Crippen LogP contribution < -0.4 is 20.1 Å². The Labute approximate surface area is 207 Å². The average Bonchev–Trinajstić information content (AvgIpc) is 2.80. The van der Waals surface area contributed by atoms with Gasteiger partial charge >= 0.3 is 0 Å². The molecule has 174 valence electrons. The van der Waals surface area contributed by atoms with Crippen molar-refractivity contribution in [2.45, 2.75) is 33.4 Å². The molecule has 2 aromatic carbocycles. The Bertz CT molecular complexity index is 932. The van der Waals surface area contributed by atoms with Crippen LogP contribution in [-0.4, -0.2) is 50.6 Å². The molecule has 0 aliphatic carbocycles. The number of nitrogens with zero attached hydrogens (tertiary/aromatic N) is 2. The molecule has 0 saturated heterocycles. The molecule has 0 spiro atoms. The number of hydrogen-bond donors (Lipinski definition) is 2. The van der Waals surface area contributed by atoms with Crippen LogP contribution in [0.15, 0.2) is 41.4 Å². The standard InChI is InChI=1S/C24H32N4O3.HI/c1-5-25-23(29)18-9-7-17(8-10-18)15-27-24(26-6-2)28-12-11-19-13-21(30-3)22(31-4)14-20(19)16-28;/h7-10,13-14H,5-6,11-12,15-16H2,1-4H3,(H,25,29)(H,26,27);1H. The first-order chi connectivity index (χ1) is 15.1. The van der Waals surface area contributed by atoms with Crippen LogP contribution in [0.1, 0.15) is 40.9 Å². The van der Waals surface area contributed by atoms with E-state index in [1.807, 2.05) is 31.2 Å². The van der Waals surface area contributed by atoms with Gasteiger partial charge in [-0.1, -0.05) is 12.1 Å². The molecule has 1 aliphatic rings. The Morgan fingerprint density at radius 1 is 1.00 bits per heavy atom. The fourth-order valence-corrected chi connectivity index (χ4v) is 3.68. The molecule has 2 aromatic rings. The minimum atomic E-state index is -0.0510. The zero-order chi connectivity index (χ0) is 22.2. The minimum absolute atomic E-state index is 0. The summed E-state index contributed by atoms with van der Waals surface area (Å²) in [6.07, 6.45) is 0.918. The largest absolute Gasteiger partial charge is 0.493 e. The molecule has 0 bridgehead atoms. The second-order valence-electron chi connectivity index (χ2n) is 7.37. The number of carbonyl (C=O) groups is 1. The van der Waals surface area contributed by atoms with Crippen molar-refractivity contribution >= 4 is 35.8 Å². The molecule has 7 nitrogen and oxygen atoms in total. The number of carbonyl (C=O) groups excluding carboxylic acids is 1. The fraction of sp³-hybridized carbons (Fsp3) is 0.417. The van der Waals surface area contributed by atoms with Gasteiger partial charge in [-0.25, -0.2) is 4.99 Å². The van der Waals surface area contributed by atoms with E-state index in [0.29, 0.717) is 18.7 Å². The third-order valence-corrected chi connectivity index (χ3v) is 5.32. The highest BCUT2D eigenvalue weighted by atomic mass is 127. The third kappa shape index (κ3) is 6.27. The summed E-state index contributed by atoms with van der Waals surface area (Å²) in [5.74, 6) is 2.35. The fourth-order valence-electron chi connectivity index (χ4n) is 3.68. The predicted molar refractivity (Wildman–Crippen MR) is 138 cm³/mol. The van der Waals surface area contributed by atoms with E-state index in [-0.39, 0.29) is 29.9 Å². The lowest BCUT2D eigenvalue weighted by atomic mass is 9.99. The van der Waals surface area contributed by atoms with E-state index in [1.54, 1.807) is 14.2 Å². The number of aliphatic imine (C=N–C) groups is 1. The van der Waals surface area contributed by atoms with Gasteiger partial charge in [0, 0.05) is 31.7 Å². The Hall–Kier alpha value is -2.49. The van der Waals surface area contributed by atoms with Crippen molar-refractivity contribution in [2.75, 3.05) is 33.9 Å². The Balaban J connectivity index is 0.00000363. The van der Waals surface area contributed by atoms with Gasteiger partial charge in [-0.15, -0.1) is 24.0 Å². The molecule has 0 aromatic heterocycles. The van der Waals surface area contributed by atoms with E-state index in [4.69, 9.17) is 14.5 Å². The minimum Gasteiger partial charge on any atom is -0.493 e. The number of methoxy groups -OCH3 is 2. The molecule has 1 aliphatic heterocycles. The van der Waals surface area contributed by atoms with Gasteiger partial charge in [-0.2, -0.15) is 0 Å². The number of rotatable bonds is 7. The Morgan fingerprint density at radius 3 is 2.22 bits per heavy atom. The number of halogens is 1. The molecule has 1 amide bonds. The van der Waals surface area contributed by atoms with Gasteiger partial charge in [-0.3, -0.25) is 4.79 Å². The number of benzene rings is 2. The zero-order valence-electron chi connectivity index (χ0n) is 19.2. The maximum atomic E-state index is 11.9. The van der Waals surface area contributed by atoms with E-state index >= 15 is 0 Å². The summed E-state index contributed by atoms with van der Waals surface area (Å²) in [6, 6.07) is 11.7. The van der Waals surface area contributed by atoms with Crippen LogP contribution in [0, 0.1) is 0 Å². The summed E-state index contributed by atoms with van der Waals surface area (Å²) < 4.78 is 10.9. The van der Waals surface area contributed by atoms with E-state index in [1.165, 1.54) is 11.1 Å². The van der Waals surface area contributed by atoms with Crippen LogP contribution >= 0.6 is 24.0 Å². The molecule has 0 radical (unpaired) electrons. The summed E-state index contributed by atoms with van der Waals surface area (Å²) in [5, 5.41) is 6.22. The molecule has 1 heterocycles. The average molecular weight is 552 g/mol. The highest BCUT2D eigenvalue weighted by Gasteiger charge is 2.21. The lowest BCUT2D eigenvalue weighted by Crippen LogP contribution is -2.44. The topological polar surface area (TPSA) is 75.2 Å². The van der Waals surface area contributed by atoms with Crippen LogP contribution in [0.25, 0.3) is 0 Å². The van der Waals surface area contributed by atoms with E-state index in [0.717, 1.165) is 49.1 Å². The van der Waals surface area contributed by atoms with Gasteiger partial charge in [0.25, 0.3) is 5.91 Å². The van der Waals surface area contributed by atoms with Crippen molar-refractivity contribution in [3.05, 3.63) is 58.7 Å². The second-order valence-corrected chi connectivity index (χ2v) is 7.37. The number of hydrogen-bond acceptors (Lipinski definition) is 4. The summed E-state index contributed by atoms with van der Waals surface area (Å²) in [7, 11) is 3.32. The second kappa shape index (κ2) is 12.5. The molecule has 2 N–H and O–H groups in total. The van der Waals surface area contributed by atoms with Crippen LogP contribution in [0.4, 0.5) is 0 Å². The lowest BCUT2D eigenvalue weighted by molar-refractivity contribution is 0.0956. The number of guanidine groups is 1. The van der Waals surface area contributed by atoms with Gasteiger partial charge in [0.05, 0.1) is 20.8 Å². The summed E-state index contributed by atoms with van der Waals surface area (Å²) >= 11 is 0. The van der Waals surface area contributed by atoms with Gasteiger partial charge in [0.2, 0.25) is 0 Å². The van der Waals surface area contributed by atoms with Crippen molar-refractivity contribution < 1.29 is 14.3 Å². The molecule has 8 heteroatoms. The Morgan fingerprint density at radius 2 is 1.62 bits per heavy atom. The summed E-state index contributed by atoms with van der Waals surface area (Å²) in [4.78, 5) is 19.0. The van der Waals surface area contributed by atoms with Crippen molar-refractivity contribution in [1.29, 1.82) is 0 Å². The summed E-state index contributed by atoms with van der Waals surface area (Å²) in [6.45, 7) is 7.59. The number of ether oxygens (including phenoxy) is 2. The predicted octanol–water partition coefficient (Wildman–Crippen LogP) is 3.60. The molecule has 32 heavy (non-hydrogen) atoms. The van der Waals surface area contributed by atoms with E-state index in [2.05, 4.69) is 34.6 Å². The first-order valence-corrected chi connectivity index (χ1v) is 10.7. The molecule has 0 unspecified atom stereocenters.